The van der Waals surface area contributed by atoms with Crippen LogP contribution in [0.15, 0.2) is 54.9 Å². The first kappa shape index (κ1) is 11.3. The van der Waals surface area contributed by atoms with Crippen LogP contribution in [0.4, 0.5) is 4.79 Å². The van der Waals surface area contributed by atoms with E-state index in [0.29, 0.717) is 5.75 Å². The van der Waals surface area contributed by atoms with Gasteiger partial charge in [0.2, 0.25) is 0 Å². The van der Waals surface area contributed by atoms with Crippen molar-refractivity contribution in [2.24, 2.45) is 0 Å². The summed E-state index contributed by atoms with van der Waals surface area (Å²) in [5, 5.41) is 0. The maximum Gasteiger partial charge on any atom is 0.409 e. The molecule has 0 radical (unpaired) electrons. The molecular weight excluding hydrogens is 214 g/mol. The molecule has 0 saturated carbocycles. The number of nitrogens with one attached hydrogen (secondary N) is 1. The minimum atomic E-state index is -0.814. The van der Waals surface area contributed by atoms with Gasteiger partial charge < -0.3 is 9.72 Å². The van der Waals surface area contributed by atoms with Crippen LogP contribution in [0.1, 0.15) is 0 Å². The number of carbonyl (C=O) groups excluding carboxylic acids is 1. The molecule has 0 amide bonds. The summed E-state index contributed by atoms with van der Waals surface area (Å²) in [6.45, 7) is 0. The molecule has 0 fully saturated rings. The van der Waals surface area contributed by atoms with E-state index in [4.69, 9.17) is 11.6 Å². The topological polar surface area (TPSA) is 42.1 Å². The third-order valence-electron chi connectivity index (χ3n) is 1.44. The van der Waals surface area contributed by atoms with Gasteiger partial charge in [-0.15, -0.1) is 0 Å². The smallest absolute Gasteiger partial charge is 0.409 e. The minimum absolute atomic E-state index is 0.461. The van der Waals surface area contributed by atoms with Gasteiger partial charge in [0, 0.05) is 24.0 Å². The zero-order valence-corrected chi connectivity index (χ0v) is 8.65. The van der Waals surface area contributed by atoms with E-state index in [-0.39, 0.29) is 0 Å². The molecule has 1 aromatic heterocycles. The molecule has 0 saturated heterocycles. The molecule has 0 aliphatic heterocycles. The molecule has 0 bridgehead atoms. The van der Waals surface area contributed by atoms with Gasteiger partial charge in [0.15, 0.2) is 0 Å². The lowest BCUT2D eigenvalue weighted by molar-refractivity contribution is 0.225. The molecule has 2 aromatic rings. The van der Waals surface area contributed by atoms with E-state index in [1.165, 1.54) is 0 Å². The Morgan fingerprint density at radius 1 is 1.07 bits per heavy atom. The molecule has 1 heterocycles. The Bertz CT molecular complexity index is 356. The zero-order chi connectivity index (χ0) is 10.9. The van der Waals surface area contributed by atoms with Gasteiger partial charge in [-0.2, -0.15) is 0 Å². The van der Waals surface area contributed by atoms with Crippen LogP contribution < -0.4 is 4.74 Å². The number of rotatable bonds is 1. The Morgan fingerprint density at radius 3 is 2.07 bits per heavy atom. The lowest BCUT2D eigenvalue weighted by atomic mass is 10.3. The highest BCUT2D eigenvalue weighted by Crippen LogP contribution is 2.09. The second kappa shape index (κ2) is 6.68. The summed E-state index contributed by atoms with van der Waals surface area (Å²) < 4.78 is 4.54. The highest BCUT2D eigenvalue weighted by atomic mass is 35.5. The third kappa shape index (κ3) is 5.54. The van der Waals surface area contributed by atoms with Crippen molar-refractivity contribution in [2.75, 3.05) is 0 Å². The first-order valence-corrected chi connectivity index (χ1v) is 4.67. The monoisotopic (exact) mass is 223 g/mol. The van der Waals surface area contributed by atoms with E-state index < -0.39 is 5.43 Å². The summed E-state index contributed by atoms with van der Waals surface area (Å²) in [7, 11) is 0. The molecule has 1 aromatic carbocycles. The molecular formula is C11H10ClNO2. The van der Waals surface area contributed by atoms with Crippen molar-refractivity contribution in [1.82, 2.24) is 4.98 Å². The number of ether oxygens (including phenoxy) is 1. The molecule has 2 rings (SSSR count). The van der Waals surface area contributed by atoms with Crippen molar-refractivity contribution in [2.45, 2.75) is 0 Å². The maximum absolute atomic E-state index is 10.2. The largest absolute Gasteiger partial charge is 0.415 e. The summed E-state index contributed by atoms with van der Waals surface area (Å²) in [6, 6.07) is 12.5. The first-order chi connectivity index (χ1) is 7.29. The molecule has 3 nitrogen and oxygen atoms in total. The van der Waals surface area contributed by atoms with Gasteiger partial charge in [-0.25, -0.2) is 4.79 Å². The fourth-order valence-corrected chi connectivity index (χ4v) is 0.948. The second-order valence-corrected chi connectivity index (χ2v) is 2.85. The predicted molar refractivity (Wildman–Crippen MR) is 59.1 cm³/mol. The van der Waals surface area contributed by atoms with Crippen LogP contribution in [0.5, 0.6) is 5.75 Å². The number of hydrogen-bond acceptors (Lipinski definition) is 2. The van der Waals surface area contributed by atoms with Crippen LogP contribution in [0, 0.1) is 0 Å². The van der Waals surface area contributed by atoms with E-state index >= 15 is 0 Å². The average molecular weight is 224 g/mol. The van der Waals surface area contributed by atoms with Crippen molar-refractivity contribution in [1.29, 1.82) is 0 Å². The summed E-state index contributed by atoms with van der Waals surface area (Å²) in [5.74, 6) is 0.461. The quantitative estimate of drug-likeness (QED) is 0.753. The minimum Gasteiger partial charge on any atom is -0.415 e. The van der Waals surface area contributed by atoms with Gasteiger partial charge >= 0.3 is 5.43 Å². The molecule has 0 aliphatic rings. The third-order valence-corrected chi connectivity index (χ3v) is 1.51. The number of para-hydroxylation sites is 1. The number of aromatic nitrogens is 1. The summed E-state index contributed by atoms with van der Waals surface area (Å²) in [6.07, 6.45) is 3.75. The Hall–Kier alpha value is -1.74. The van der Waals surface area contributed by atoms with Gasteiger partial charge in [0.1, 0.15) is 5.75 Å². The zero-order valence-electron chi connectivity index (χ0n) is 7.89. The number of hydrogen-bond donors (Lipinski definition) is 1. The molecule has 1 N–H and O–H groups in total. The van der Waals surface area contributed by atoms with Crippen LogP contribution in [0.3, 0.4) is 0 Å². The van der Waals surface area contributed by atoms with E-state index in [0.717, 1.165) is 0 Å². The van der Waals surface area contributed by atoms with Crippen LogP contribution in [-0.2, 0) is 0 Å². The van der Waals surface area contributed by atoms with Crippen LogP contribution >= 0.6 is 11.6 Å². The molecule has 0 aliphatic carbocycles. The second-order valence-electron chi connectivity index (χ2n) is 2.54. The summed E-state index contributed by atoms with van der Waals surface area (Å²) in [4.78, 5) is 13.0. The molecule has 15 heavy (non-hydrogen) atoms. The number of H-pyrrole nitrogens is 1. The van der Waals surface area contributed by atoms with Crippen molar-refractivity contribution >= 4 is 17.0 Å². The van der Waals surface area contributed by atoms with E-state index in [2.05, 4.69) is 9.72 Å². The molecule has 0 atom stereocenters. The van der Waals surface area contributed by atoms with Crippen LogP contribution in [-0.4, -0.2) is 10.4 Å². The van der Waals surface area contributed by atoms with Gasteiger partial charge in [-0.3, -0.25) is 0 Å². The van der Waals surface area contributed by atoms with Crippen molar-refractivity contribution in [3.05, 3.63) is 54.9 Å². The fourth-order valence-electron chi connectivity index (χ4n) is 0.859. The van der Waals surface area contributed by atoms with Gasteiger partial charge in [-0.05, 0) is 24.3 Å². The van der Waals surface area contributed by atoms with E-state index in [9.17, 15) is 4.79 Å². The molecule has 0 spiro atoms. The molecule has 4 heteroatoms. The predicted octanol–water partition coefficient (Wildman–Crippen LogP) is 3.44. The van der Waals surface area contributed by atoms with E-state index in [1.807, 2.05) is 30.6 Å². The highest BCUT2D eigenvalue weighted by molar-refractivity contribution is 6.61. The number of aromatic amines is 1. The fraction of sp³-hybridized carbons (Fsp3) is 0. The number of halogens is 1. The number of benzene rings is 1. The summed E-state index contributed by atoms with van der Waals surface area (Å²) in [5.41, 5.74) is -0.814. The number of carbonyl (C=O) groups is 1. The van der Waals surface area contributed by atoms with Crippen molar-refractivity contribution < 1.29 is 9.53 Å². The highest BCUT2D eigenvalue weighted by Gasteiger charge is 1.95. The Balaban J connectivity index is 0.000000187. The average Bonchev–Trinajstić information content (AvgIpc) is 2.76. The lowest BCUT2D eigenvalue weighted by Gasteiger charge is -1.95. The summed E-state index contributed by atoms with van der Waals surface area (Å²) >= 11 is 4.95. The Labute approximate surface area is 92.6 Å². The van der Waals surface area contributed by atoms with Gasteiger partial charge in [0.25, 0.3) is 0 Å². The van der Waals surface area contributed by atoms with Crippen molar-refractivity contribution in [3.8, 4) is 5.75 Å². The first-order valence-electron chi connectivity index (χ1n) is 4.29. The van der Waals surface area contributed by atoms with E-state index in [1.54, 1.807) is 24.3 Å². The normalized spacial score (nSPS) is 8.60. The molecule has 0 unspecified atom stereocenters. The Kier molecular flexibility index (Phi) is 5.04. The van der Waals surface area contributed by atoms with Gasteiger partial charge in [0.05, 0.1) is 0 Å². The lowest BCUT2D eigenvalue weighted by Crippen LogP contribution is -1.94. The van der Waals surface area contributed by atoms with Gasteiger partial charge in [-0.1, -0.05) is 18.2 Å². The Morgan fingerprint density at radius 2 is 1.67 bits per heavy atom. The van der Waals surface area contributed by atoms with Crippen LogP contribution in [0.25, 0.3) is 0 Å². The van der Waals surface area contributed by atoms with Crippen molar-refractivity contribution in [3.63, 3.8) is 0 Å². The van der Waals surface area contributed by atoms with Crippen LogP contribution in [0.2, 0.25) is 0 Å². The SMILES string of the molecule is O=C(Cl)Oc1ccccc1.c1cc[nH]c1. The molecule has 78 valence electrons. The standard InChI is InChI=1S/C7H5ClO2.C4H5N/c8-7(9)10-6-4-2-1-3-5-6;1-2-4-5-3-1/h1-5H;1-5H. The maximum atomic E-state index is 10.2.